The molecule has 0 aromatic heterocycles. The summed E-state index contributed by atoms with van der Waals surface area (Å²) in [7, 11) is -1.46. The van der Waals surface area contributed by atoms with E-state index in [0.29, 0.717) is 18.7 Å². The number of alkyl halides is 1. The van der Waals surface area contributed by atoms with E-state index in [9.17, 15) is 4.57 Å². The summed E-state index contributed by atoms with van der Waals surface area (Å²) in [5.74, 6) is 0.575. The predicted octanol–water partition coefficient (Wildman–Crippen LogP) is 4.80. The van der Waals surface area contributed by atoms with E-state index in [1.54, 1.807) is 0 Å². The molecule has 0 N–H and O–H groups in total. The van der Waals surface area contributed by atoms with Crippen LogP contribution >= 0.6 is 24.0 Å². The van der Waals surface area contributed by atoms with Crippen LogP contribution in [0.25, 0.3) is 0 Å². The van der Waals surface area contributed by atoms with Crippen LogP contribution in [-0.2, 0) is 15.5 Å². The molecular formula is C14H21BrO2P+. The highest BCUT2D eigenvalue weighted by atomic mass is 79.9. The van der Waals surface area contributed by atoms with Gasteiger partial charge in [0.1, 0.15) is 0 Å². The van der Waals surface area contributed by atoms with Gasteiger partial charge in [-0.1, -0.05) is 46.3 Å². The largest absolute Gasteiger partial charge is 0.508 e. The maximum atomic E-state index is 11.5. The number of halogens is 1. The Balaban J connectivity index is 2.42. The van der Waals surface area contributed by atoms with Crippen molar-refractivity contribution >= 4 is 24.0 Å². The van der Waals surface area contributed by atoms with Gasteiger partial charge in [0, 0.05) is 5.33 Å². The van der Waals surface area contributed by atoms with Gasteiger partial charge < -0.3 is 0 Å². The molecule has 1 rings (SSSR count). The zero-order valence-corrected chi connectivity index (χ0v) is 13.3. The molecule has 0 fully saturated rings. The Hall–Kier alpha value is -0.240. The molecule has 0 aliphatic rings. The minimum atomic E-state index is -1.46. The molecule has 0 bridgehead atoms. The average molecular weight is 332 g/mol. The Bertz CT molecular complexity index is 343. The van der Waals surface area contributed by atoms with Crippen molar-refractivity contribution < 1.29 is 9.09 Å². The molecule has 1 aromatic carbocycles. The quantitative estimate of drug-likeness (QED) is 0.480. The first kappa shape index (κ1) is 15.8. The van der Waals surface area contributed by atoms with Crippen LogP contribution in [0.4, 0.5) is 0 Å². The SMILES string of the molecule is CCO[P+](=O)CCC(CCBr)Cc1ccccc1. The fraction of sp³-hybridized carbons (Fsp3) is 0.571. The topological polar surface area (TPSA) is 26.3 Å². The minimum absolute atomic E-state index is 0.539. The van der Waals surface area contributed by atoms with Crippen molar-refractivity contribution in [2.24, 2.45) is 5.92 Å². The summed E-state index contributed by atoms with van der Waals surface area (Å²) in [6.07, 6.45) is 3.81. The predicted molar refractivity (Wildman–Crippen MR) is 80.8 cm³/mol. The first-order valence-corrected chi connectivity index (χ1v) is 8.92. The van der Waals surface area contributed by atoms with Gasteiger partial charge in [0.2, 0.25) is 0 Å². The zero-order chi connectivity index (χ0) is 13.2. The third kappa shape index (κ3) is 6.63. The molecular weight excluding hydrogens is 311 g/mol. The lowest BCUT2D eigenvalue weighted by atomic mass is 9.95. The van der Waals surface area contributed by atoms with Crippen LogP contribution in [0.2, 0.25) is 0 Å². The monoisotopic (exact) mass is 331 g/mol. The van der Waals surface area contributed by atoms with Crippen molar-refractivity contribution in [3.63, 3.8) is 0 Å². The van der Waals surface area contributed by atoms with Crippen molar-refractivity contribution in [2.75, 3.05) is 18.1 Å². The smallest absolute Gasteiger partial charge is 0.147 e. The summed E-state index contributed by atoms with van der Waals surface area (Å²) in [5, 5.41) is 0.996. The lowest BCUT2D eigenvalue weighted by Crippen LogP contribution is -2.07. The lowest BCUT2D eigenvalue weighted by Gasteiger charge is -2.13. The molecule has 0 saturated heterocycles. The maximum Gasteiger partial charge on any atom is 0.508 e. The van der Waals surface area contributed by atoms with E-state index >= 15 is 0 Å². The third-order valence-corrected chi connectivity index (χ3v) is 4.50. The van der Waals surface area contributed by atoms with E-state index in [1.165, 1.54) is 5.56 Å². The lowest BCUT2D eigenvalue weighted by molar-refractivity contribution is 0.346. The van der Waals surface area contributed by atoms with Crippen LogP contribution in [-0.4, -0.2) is 18.1 Å². The molecule has 2 unspecified atom stereocenters. The molecule has 100 valence electrons. The van der Waals surface area contributed by atoms with Crippen LogP contribution in [0, 0.1) is 5.92 Å². The maximum absolute atomic E-state index is 11.5. The average Bonchev–Trinajstić information content (AvgIpc) is 2.38. The molecule has 0 heterocycles. The van der Waals surface area contributed by atoms with Crippen LogP contribution < -0.4 is 0 Å². The molecule has 2 atom stereocenters. The fourth-order valence-electron chi connectivity index (χ4n) is 1.95. The summed E-state index contributed by atoms with van der Waals surface area (Å²) in [4.78, 5) is 0. The van der Waals surface area contributed by atoms with Crippen LogP contribution in [0.3, 0.4) is 0 Å². The molecule has 4 heteroatoms. The van der Waals surface area contributed by atoms with E-state index in [-0.39, 0.29) is 0 Å². The third-order valence-electron chi connectivity index (χ3n) is 2.88. The molecule has 1 aromatic rings. The van der Waals surface area contributed by atoms with Crippen LogP contribution in [0.15, 0.2) is 30.3 Å². The van der Waals surface area contributed by atoms with Crippen molar-refractivity contribution in [1.82, 2.24) is 0 Å². The van der Waals surface area contributed by atoms with Gasteiger partial charge in [-0.3, -0.25) is 0 Å². The Morgan fingerprint density at radius 3 is 2.61 bits per heavy atom. The Kier molecular flexibility index (Phi) is 8.49. The highest BCUT2D eigenvalue weighted by molar-refractivity contribution is 9.09. The van der Waals surface area contributed by atoms with Crippen molar-refractivity contribution in [1.29, 1.82) is 0 Å². The normalized spacial score (nSPS) is 13.3. The summed E-state index contributed by atoms with van der Waals surface area (Å²) < 4.78 is 16.6. The molecule has 0 aliphatic heterocycles. The summed E-state index contributed by atoms with van der Waals surface area (Å²) in [6.45, 7) is 2.42. The zero-order valence-electron chi connectivity index (χ0n) is 10.8. The van der Waals surface area contributed by atoms with Crippen LogP contribution in [0.5, 0.6) is 0 Å². The summed E-state index contributed by atoms with van der Waals surface area (Å²) >= 11 is 3.50. The van der Waals surface area contributed by atoms with E-state index in [1.807, 2.05) is 13.0 Å². The molecule has 0 radical (unpaired) electrons. The van der Waals surface area contributed by atoms with Gasteiger partial charge >= 0.3 is 8.03 Å². The summed E-state index contributed by atoms with van der Waals surface area (Å²) in [6, 6.07) is 10.5. The van der Waals surface area contributed by atoms with Crippen LogP contribution in [0.1, 0.15) is 25.3 Å². The Morgan fingerprint density at radius 1 is 1.28 bits per heavy atom. The number of rotatable bonds is 9. The second kappa shape index (κ2) is 9.66. The Labute approximate surface area is 119 Å². The number of hydrogen-bond acceptors (Lipinski definition) is 2. The molecule has 2 nitrogen and oxygen atoms in total. The molecule has 0 aliphatic carbocycles. The standard InChI is InChI=1S/C14H21BrO2P/c1-2-17-18(16)11-9-14(8-10-15)12-13-6-4-3-5-7-13/h3-7,14H,2,8-12H2,1H3/q+1. The van der Waals surface area contributed by atoms with Gasteiger partial charge in [-0.15, -0.1) is 4.52 Å². The first-order valence-electron chi connectivity index (χ1n) is 6.43. The van der Waals surface area contributed by atoms with Crippen molar-refractivity contribution in [3.05, 3.63) is 35.9 Å². The second-order valence-corrected chi connectivity index (χ2v) is 6.46. The number of benzene rings is 1. The van der Waals surface area contributed by atoms with Gasteiger partial charge in [-0.25, -0.2) is 0 Å². The fourth-order valence-corrected chi connectivity index (χ4v) is 3.59. The highest BCUT2D eigenvalue weighted by Crippen LogP contribution is 2.27. The molecule has 0 spiro atoms. The first-order chi connectivity index (χ1) is 8.76. The van der Waals surface area contributed by atoms with Gasteiger partial charge in [0.25, 0.3) is 0 Å². The van der Waals surface area contributed by atoms with E-state index in [0.717, 1.165) is 24.6 Å². The van der Waals surface area contributed by atoms with E-state index < -0.39 is 8.03 Å². The van der Waals surface area contributed by atoms with Crippen molar-refractivity contribution in [3.8, 4) is 0 Å². The van der Waals surface area contributed by atoms with Gasteiger partial charge in [-0.05, 0) is 42.2 Å². The molecule has 18 heavy (non-hydrogen) atoms. The van der Waals surface area contributed by atoms with Crippen molar-refractivity contribution in [2.45, 2.75) is 26.2 Å². The Morgan fingerprint density at radius 2 is 2.00 bits per heavy atom. The summed E-state index contributed by atoms with van der Waals surface area (Å²) in [5.41, 5.74) is 1.36. The highest BCUT2D eigenvalue weighted by Gasteiger charge is 2.20. The van der Waals surface area contributed by atoms with Gasteiger partial charge in [-0.2, -0.15) is 0 Å². The van der Waals surface area contributed by atoms with E-state index in [2.05, 4.69) is 40.2 Å². The minimum Gasteiger partial charge on any atom is -0.147 e. The molecule has 0 amide bonds. The van der Waals surface area contributed by atoms with E-state index in [4.69, 9.17) is 4.52 Å². The van der Waals surface area contributed by atoms with Gasteiger partial charge in [0.15, 0.2) is 6.16 Å². The number of hydrogen-bond donors (Lipinski definition) is 0. The van der Waals surface area contributed by atoms with Gasteiger partial charge in [0.05, 0.1) is 6.61 Å². The molecule has 0 saturated carbocycles. The second-order valence-electron chi connectivity index (χ2n) is 4.30.